The fourth-order valence-corrected chi connectivity index (χ4v) is 2.75. The van der Waals surface area contributed by atoms with Gasteiger partial charge in [-0.3, -0.25) is 4.79 Å². The van der Waals surface area contributed by atoms with Crippen LogP contribution in [-0.4, -0.2) is 35.7 Å². The van der Waals surface area contributed by atoms with Gasteiger partial charge in [-0.2, -0.15) is 11.8 Å². The molecule has 100 valence electrons. The summed E-state index contributed by atoms with van der Waals surface area (Å²) < 4.78 is 0. The number of carbonyl (C=O) groups excluding carboxylic acids is 1. The first kappa shape index (κ1) is 15.6. The van der Waals surface area contributed by atoms with Crippen molar-refractivity contribution in [3.8, 4) is 0 Å². The van der Waals surface area contributed by atoms with Gasteiger partial charge in [0, 0.05) is 18.4 Å². The first-order chi connectivity index (χ1) is 8.60. The van der Waals surface area contributed by atoms with E-state index in [1.165, 1.54) is 0 Å². The van der Waals surface area contributed by atoms with Gasteiger partial charge in [0.2, 0.25) is 0 Å². The number of amides is 1. The van der Waals surface area contributed by atoms with E-state index in [-0.39, 0.29) is 24.1 Å². The predicted molar refractivity (Wildman–Crippen MR) is 77.8 cm³/mol. The SMILES string of the molecule is CSCC(CCO)NC(=O)c1c(Cl)cccc1Cl. The van der Waals surface area contributed by atoms with E-state index in [4.69, 9.17) is 28.3 Å². The molecule has 0 saturated heterocycles. The molecule has 1 atom stereocenters. The van der Waals surface area contributed by atoms with Crippen LogP contribution in [0.4, 0.5) is 0 Å². The van der Waals surface area contributed by atoms with Crippen LogP contribution in [0.2, 0.25) is 10.0 Å². The van der Waals surface area contributed by atoms with E-state index in [0.717, 1.165) is 5.75 Å². The van der Waals surface area contributed by atoms with E-state index in [1.54, 1.807) is 30.0 Å². The van der Waals surface area contributed by atoms with Crippen LogP contribution in [0.5, 0.6) is 0 Å². The van der Waals surface area contributed by atoms with Crippen LogP contribution in [0.15, 0.2) is 18.2 Å². The fraction of sp³-hybridized carbons (Fsp3) is 0.417. The molecular formula is C12H15Cl2NO2S. The normalized spacial score (nSPS) is 12.2. The predicted octanol–water partition coefficient (Wildman–Crippen LogP) is 2.84. The fourth-order valence-electron chi connectivity index (χ4n) is 1.53. The maximum atomic E-state index is 12.1. The van der Waals surface area contributed by atoms with Crippen LogP contribution in [0, 0.1) is 0 Å². The lowest BCUT2D eigenvalue weighted by Gasteiger charge is -2.17. The Hall–Kier alpha value is -0.420. The summed E-state index contributed by atoms with van der Waals surface area (Å²) in [4.78, 5) is 12.1. The highest BCUT2D eigenvalue weighted by Crippen LogP contribution is 2.24. The average Bonchev–Trinajstić information content (AvgIpc) is 2.29. The monoisotopic (exact) mass is 307 g/mol. The van der Waals surface area contributed by atoms with Crippen molar-refractivity contribution < 1.29 is 9.90 Å². The zero-order valence-corrected chi connectivity index (χ0v) is 12.3. The molecule has 0 spiro atoms. The standard InChI is InChI=1S/C12H15Cl2NO2S/c1-18-7-8(5-6-16)15-12(17)11-9(13)3-2-4-10(11)14/h2-4,8,16H,5-7H2,1H3,(H,15,17). The Balaban J connectivity index is 2.80. The van der Waals surface area contributed by atoms with Gasteiger partial charge in [0.05, 0.1) is 15.6 Å². The highest BCUT2D eigenvalue weighted by Gasteiger charge is 2.18. The number of aliphatic hydroxyl groups excluding tert-OH is 1. The van der Waals surface area contributed by atoms with Crippen molar-refractivity contribution in [1.82, 2.24) is 5.32 Å². The molecule has 1 amide bonds. The molecule has 0 aliphatic heterocycles. The number of hydrogen-bond acceptors (Lipinski definition) is 3. The molecule has 0 aliphatic carbocycles. The lowest BCUT2D eigenvalue weighted by atomic mass is 10.1. The Labute approximate surface area is 121 Å². The molecule has 1 rings (SSSR count). The Morgan fingerprint density at radius 2 is 2.06 bits per heavy atom. The summed E-state index contributed by atoms with van der Waals surface area (Å²) in [6, 6.07) is 4.84. The molecule has 0 aliphatic rings. The van der Waals surface area contributed by atoms with Gasteiger partial charge in [-0.25, -0.2) is 0 Å². The summed E-state index contributed by atoms with van der Waals surface area (Å²) in [7, 11) is 0. The number of rotatable bonds is 6. The van der Waals surface area contributed by atoms with E-state index < -0.39 is 0 Å². The lowest BCUT2D eigenvalue weighted by Crippen LogP contribution is -2.37. The summed E-state index contributed by atoms with van der Waals surface area (Å²) in [5, 5.41) is 12.4. The van der Waals surface area contributed by atoms with Crippen molar-refractivity contribution in [3.05, 3.63) is 33.8 Å². The van der Waals surface area contributed by atoms with Crippen molar-refractivity contribution in [2.45, 2.75) is 12.5 Å². The molecule has 0 heterocycles. The number of hydrogen-bond donors (Lipinski definition) is 2. The molecule has 0 fully saturated rings. The van der Waals surface area contributed by atoms with E-state index in [0.29, 0.717) is 16.5 Å². The Morgan fingerprint density at radius 3 is 2.56 bits per heavy atom. The second-order valence-electron chi connectivity index (χ2n) is 3.73. The molecular weight excluding hydrogens is 293 g/mol. The minimum Gasteiger partial charge on any atom is -0.396 e. The van der Waals surface area contributed by atoms with Gasteiger partial charge in [0.15, 0.2) is 0 Å². The summed E-state index contributed by atoms with van der Waals surface area (Å²) in [5.74, 6) is 0.423. The molecule has 0 radical (unpaired) electrons. The minimum atomic E-state index is -0.307. The first-order valence-electron chi connectivity index (χ1n) is 5.44. The maximum absolute atomic E-state index is 12.1. The minimum absolute atomic E-state index is 0.0295. The van der Waals surface area contributed by atoms with E-state index >= 15 is 0 Å². The second-order valence-corrected chi connectivity index (χ2v) is 5.46. The average molecular weight is 308 g/mol. The zero-order chi connectivity index (χ0) is 13.5. The van der Waals surface area contributed by atoms with Gasteiger partial charge in [-0.05, 0) is 24.8 Å². The summed E-state index contributed by atoms with van der Waals surface area (Å²) in [6.07, 6.45) is 2.45. The van der Waals surface area contributed by atoms with Crippen LogP contribution in [-0.2, 0) is 0 Å². The van der Waals surface area contributed by atoms with Gasteiger partial charge in [-0.15, -0.1) is 0 Å². The van der Waals surface area contributed by atoms with Gasteiger partial charge < -0.3 is 10.4 Å². The molecule has 0 bridgehead atoms. The summed E-state index contributed by atoms with van der Waals surface area (Å²) >= 11 is 13.5. The van der Waals surface area contributed by atoms with Crippen LogP contribution < -0.4 is 5.32 Å². The zero-order valence-electron chi connectivity index (χ0n) is 9.95. The molecule has 18 heavy (non-hydrogen) atoms. The van der Waals surface area contributed by atoms with Gasteiger partial charge in [0.1, 0.15) is 0 Å². The summed E-state index contributed by atoms with van der Waals surface area (Å²) in [5.41, 5.74) is 0.282. The van der Waals surface area contributed by atoms with Crippen LogP contribution in [0.1, 0.15) is 16.8 Å². The topological polar surface area (TPSA) is 49.3 Å². The second kappa shape index (κ2) is 7.89. The van der Waals surface area contributed by atoms with Crippen molar-refractivity contribution in [3.63, 3.8) is 0 Å². The Morgan fingerprint density at radius 1 is 1.44 bits per heavy atom. The van der Waals surface area contributed by atoms with Gasteiger partial charge >= 0.3 is 0 Å². The van der Waals surface area contributed by atoms with Crippen molar-refractivity contribution in [2.24, 2.45) is 0 Å². The van der Waals surface area contributed by atoms with E-state index in [1.807, 2.05) is 6.26 Å². The number of benzene rings is 1. The van der Waals surface area contributed by atoms with Crippen LogP contribution >= 0.6 is 35.0 Å². The van der Waals surface area contributed by atoms with Gasteiger partial charge in [0.25, 0.3) is 5.91 Å². The molecule has 0 aromatic heterocycles. The smallest absolute Gasteiger partial charge is 0.254 e. The molecule has 1 aromatic rings. The highest BCUT2D eigenvalue weighted by atomic mass is 35.5. The number of carbonyl (C=O) groups is 1. The molecule has 0 saturated carbocycles. The van der Waals surface area contributed by atoms with Crippen LogP contribution in [0.3, 0.4) is 0 Å². The van der Waals surface area contributed by atoms with Gasteiger partial charge in [-0.1, -0.05) is 29.3 Å². The molecule has 1 unspecified atom stereocenters. The Bertz CT molecular complexity index is 389. The van der Waals surface area contributed by atoms with Crippen molar-refractivity contribution in [2.75, 3.05) is 18.6 Å². The lowest BCUT2D eigenvalue weighted by molar-refractivity contribution is 0.0935. The summed E-state index contributed by atoms with van der Waals surface area (Å²) in [6.45, 7) is 0.0295. The van der Waals surface area contributed by atoms with Crippen LogP contribution in [0.25, 0.3) is 0 Å². The molecule has 6 heteroatoms. The van der Waals surface area contributed by atoms with Crippen molar-refractivity contribution >= 4 is 40.9 Å². The van der Waals surface area contributed by atoms with E-state index in [9.17, 15) is 4.79 Å². The van der Waals surface area contributed by atoms with E-state index in [2.05, 4.69) is 5.32 Å². The third-order valence-corrected chi connectivity index (χ3v) is 3.74. The third-order valence-electron chi connectivity index (χ3n) is 2.37. The highest BCUT2D eigenvalue weighted by molar-refractivity contribution is 7.98. The Kier molecular flexibility index (Phi) is 6.86. The number of nitrogens with one attached hydrogen (secondary N) is 1. The number of aliphatic hydroxyl groups is 1. The molecule has 3 nitrogen and oxygen atoms in total. The maximum Gasteiger partial charge on any atom is 0.254 e. The largest absolute Gasteiger partial charge is 0.396 e. The first-order valence-corrected chi connectivity index (χ1v) is 7.59. The number of halogens is 2. The van der Waals surface area contributed by atoms with Crippen molar-refractivity contribution in [1.29, 1.82) is 0 Å². The number of thioether (sulfide) groups is 1. The third kappa shape index (κ3) is 4.35. The molecule has 1 aromatic carbocycles. The quantitative estimate of drug-likeness (QED) is 0.849. The molecule has 2 N–H and O–H groups in total.